The van der Waals surface area contributed by atoms with Gasteiger partial charge in [-0.25, -0.2) is 4.79 Å². The zero-order valence-corrected chi connectivity index (χ0v) is 13.6. The number of aromatic carboxylic acids is 1. The molecule has 0 unspecified atom stereocenters. The van der Waals surface area contributed by atoms with Crippen molar-refractivity contribution < 1.29 is 24.2 Å². The Labute approximate surface area is 144 Å². The average molecular weight is 337 g/mol. The van der Waals surface area contributed by atoms with E-state index in [0.29, 0.717) is 17.1 Å². The fraction of sp³-hybridized carbons (Fsp3) is 0.105. The van der Waals surface area contributed by atoms with Gasteiger partial charge in [0.1, 0.15) is 11.6 Å². The van der Waals surface area contributed by atoms with E-state index in [0.717, 1.165) is 0 Å². The molecule has 0 saturated carbocycles. The third-order valence-electron chi connectivity index (χ3n) is 3.49. The first kappa shape index (κ1) is 17.8. The van der Waals surface area contributed by atoms with Crippen molar-refractivity contribution in [1.82, 2.24) is 0 Å². The van der Waals surface area contributed by atoms with Crippen LogP contribution in [0.15, 0.2) is 48.0 Å². The summed E-state index contributed by atoms with van der Waals surface area (Å²) in [5, 5.41) is 18.5. The maximum Gasteiger partial charge on any atom is 0.336 e. The van der Waals surface area contributed by atoms with E-state index in [9.17, 15) is 20.0 Å². The van der Waals surface area contributed by atoms with Crippen molar-refractivity contribution in [2.75, 3.05) is 14.2 Å². The topological polar surface area (TPSA) is 96.6 Å². The summed E-state index contributed by atoms with van der Waals surface area (Å²) in [5.74, 6) is -0.921. The van der Waals surface area contributed by atoms with Crippen molar-refractivity contribution in [1.29, 1.82) is 5.26 Å². The molecule has 0 aliphatic rings. The molecule has 0 aromatic heterocycles. The maximum absolute atomic E-state index is 12.6. The van der Waals surface area contributed by atoms with E-state index in [1.54, 1.807) is 24.3 Å². The van der Waals surface area contributed by atoms with Gasteiger partial charge in [0.25, 0.3) is 0 Å². The molecule has 0 fully saturated rings. The molecule has 0 saturated heterocycles. The smallest absolute Gasteiger partial charge is 0.336 e. The first-order valence-corrected chi connectivity index (χ1v) is 7.22. The van der Waals surface area contributed by atoms with Crippen LogP contribution in [-0.2, 0) is 0 Å². The van der Waals surface area contributed by atoms with Crippen molar-refractivity contribution in [3.63, 3.8) is 0 Å². The Hall–Kier alpha value is -3.59. The minimum absolute atomic E-state index is 0.0386. The molecule has 0 aliphatic carbocycles. The highest BCUT2D eigenvalue weighted by Crippen LogP contribution is 2.28. The minimum Gasteiger partial charge on any atom is -0.493 e. The highest BCUT2D eigenvalue weighted by Gasteiger charge is 2.19. The molecule has 25 heavy (non-hydrogen) atoms. The molecule has 0 spiro atoms. The molecule has 0 heterocycles. The van der Waals surface area contributed by atoms with Crippen LogP contribution in [0, 0.1) is 11.3 Å². The summed E-state index contributed by atoms with van der Waals surface area (Å²) >= 11 is 0. The fourth-order valence-electron chi connectivity index (χ4n) is 2.27. The van der Waals surface area contributed by atoms with Crippen LogP contribution >= 0.6 is 0 Å². The van der Waals surface area contributed by atoms with Gasteiger partial charge in [-0.3, -0.25) is 4.79 Å². The van der Waals surface area contributed by atoms with Gasteiger partial charge in [-0.05, 0) is 29.8 Å². The van der Waals surface area contributed by atoms with E-state index < -0.39 is 11.8 Å². The van der Waals surface area contributed by atoms with Gasteiger partial charge in [0.05, 0.1) is 19.8 Å². The van der Waals surface area contributed by atoms with Crippen molar-refractivity contribution >= 4 is 17.8 Å². The molecular formula is C19H15NO5. The molecule has 2 rings (SSSR count). The van der Waals surface area contributed by atoms with Crippen LogP contribution in [0.4, 0.5) is 0 Å². The lowest BCUT2D eigenvalue weighted by Crippen LogP contribution is -2.09. The van der Waals surface area contributed by atoms with Crippen molar-refractivity contribution in [3.8, 4) is 17.6 Å². The zero-order valence-electron chi connectivity index (χ0n) is 13.6. The molecule has 0 atom stereocenters. The molecule has 0 amide bonds. The predicted octanol–water partition coefficient (Wildman–Crippen LogP) is 3.19. The lowest BCUT2D eigenvalue weighted by molar-refractivity contribution is 0.0693. The van der Waals surface area contributed by atoms with Crippen LogP contribution < -0.4 is 9.47 Å². The fourth-order valence-corrected chi connectivity index (χ4v) is 2.27. The third kappa shape index (κ3) is 3.85. The Morgan fingerprint density at radius 1 is 1.04 bits per heavy atom. The number of carboxylic acids is 1. The largest absolute Gasteiger partial charge is 0.493 e. The standard InChI is InChI=1S/C19H15NO5/c1-24-16-8-7-12(10-17(16)25-2)9-13(11-20)18(21)14-5-3-4-6-15(14)19(22)23/h3-10H,1-2H3,(H,22,23)/b13-9+. The normalized spacial score (nSPS) is 10.7. The molecule has 2 aromatic carbocycles. The second kappa shape index (κ2) is 7.79. The minimum atomic E-state index is -1.23. The Morgan fingerprint density at radius 3 is 2.24 bits per heavy atom. The first-order chi connectivity index (χ1) is 12.0. The van der Waals surface area contributed by atoms with E-state index in [1.165, 1.54) is 38.5 Å². The summed E-state index contributed by atoms with van der Waals surface area (Å²) in [6.45, 7) is 0. The lowest BCUT2D eigenvalue weighted by atomic mass is 9.97. The zero-order chi connectivity index (χ0) is 18.4. The lowest BCUT2D eigenvalue weighted by Gasteiger charge is -2.08. The van der Waals surface area contributed by atoms with Crippen molar-refractivity contribution in [3.05, 3.63) is 64.7 Å². The number of hydrogen-bond donors (Lipinski definition) is 1. The van der Waals surface area contributed by atoms with Crippen LogP contribution in [0.25, 0.3) is 6.08 Å². The summed E-state index contributed by atoms with van der Waals surface area (Å²) in [6.07, 6.45) is 1.38. The van der Waals surface area contributed by atoms with E-state index >= 15 is 0 Å². The predicted molar refractivity (Wildman–Crippen MR) is 90.9 cm³/mol. The molecule has 6 nitrogen and oxygen atoms in total. The van der Waals surface area contributed by atoms with Crippen molar-refractivity contribution in [2.24, 2.45) is 0 Å². The van der Waals surface area contributed by atoms with Gasteiger partial charge in [0.15, 0.2) is 11.5 Å². The number of hydrogen-bond acceptors (Lipinski definition) is 5. The molecular weight excluding hydrogens is 322 g/mol. The number of rotatable bonds is 6. The number of carbonyl (C=O) groups is 2. The third-order valence-corrected chi connectivity index (χ3v) is 3.49. The molecule has 0 bridgehead atoms. The summed E-state index contributed by atoms with van der Waals surface area (Å²) in [6, 6.07) is 12.5. The van der Waals surface area contributed by atoms with E-state index in [1.807, 2.05) is 6.07 Å². The quantitative estimate of drug-likeness (QED) is 0.494. The second-order valence-corrected chi connectivity index (χ2v) is 4.96. The van der Waals surface area contributed by atoms with Gasteiger partial charge >= 0.3 is 5.97 Å². The number of carboxylic acid groups (broad SMARTS) is 1. The maximum atomic E-state index is 12.6. The van der Waals surface area contributed by atoms with E-state index in [-0.39, 0.29) is 16.7 Å². The van der Waals surface area contributed by atoms with Gasteiger partial charge in [-0.15, -0.1) is 0 Å². The number of nitrogens with zero attached hydrogens (tertiary/aromatic N) is 1. The summed E-state index contributed by atoms with van der Waals surface area (Å²) in [7, 11) is 2.98. The number of ether oxygens (including phenoxy) is 2. The Morgan fingerprint density at radius 2 is 1.68 bits per heavy atom. The molecule has 0 aliphatic heterocycles. The number of methoxy groups -OCH3 is 2. The number of carbonyl (C=O) groups excluding carboxylic acids is 1. The van der Waals surface area contributed by atoms with Gasteiger partial charge in [0, 0.05) is 5.56 Å². The van der Waals surface area contributed by atoms with Gasteiger partial charge in [-0.2, -0.15) is 5.26 Å². The number of Topliss-reactive ketones (excluding diaryl/α,β-unsaturated/α-hetero) is 1. The highest BCUT2D eigenvalue weighted by molar-refractivity contribution is 6.18. The van der Waals surface area contributed by atoms with Crippen LogP contribution in [0.5, 0.6) is 11.5 Å². The Bertz CT molecular complexity index is 893. The molecule has 1 N–H and O–H groups in total. The van der Waals surface area contributed by atoms with E-state index in [2.05, 4.69) is 0 Å². The number of allylic oxidation sites excluding steroid dienone is 1. The average Bonchev–Trinajstić information content (AvgIpc) is 2.65. The molecule has 2 aromatic rings. The van der Waals surface area contributed by atoms with Gasteiger partial charge in [-0.1, -0.05) is 24.3 Å². The van der Waals surface area contributed by atoms with Gasteiger partial charge in [0.2, 0.25) is 5.78 Å². The number of benzene rings is 2. The van der Waals surface area contributed by atoms with Crippen LogP contribution in [0.2, 0.25) is 0 Å². The van der Waals surface area contributed by atoms with E-state index in [4.69, 9.17) is 9.47 Å². The molecule has 0 radical (unpaired) electrons. The first-order valence-electron chi connectivity index (χ1n) is 7.22. The van der Waals surface area contributed by atoms with Crippen molar-refractivity contribution in [2.45, 2.75) is 0 Å². The number of nitriles is 1. The summed E-state index contributed by atoms with van der Waals surface area (Å²) in [5.41, 5.74) is 0.181. The summed E-state index contributed by atoms with van der Waals surface area (Å²) in [4.78, 5) is 23.8. The Balaban J connectivity index is 2.47. The monoisotopic (exact) mass is 337 g/mol. The second-order valence-electron chi connectivity index (χ2n) is 4.96. The van der Waals surface area contributed by atoms with Crippen LogP contribution in [0.1, 0.15) is 26.3 Å². The SMILES string of the molecule is COc1ccc(/C=C(\C#N)C(=O)c2ccccc2C(=O)O)cc1OC. The van der Waals surface area contributed by atoms with Gasteiger partial charge < -0.3 is 14.6 Å². The number of ketones is 1. The summed E-state index contributed by atoms with van der Waals surface area (Å²) < 4.78 is 10.3. The molecule has 6 heteroatoms. The molecule has 126 valence electrons. The van der Waals surface area contributed by atoms with Crippen LogP contribution in [-0.4, -0.2) is 31.1 Å². The van der Waals surface area contributed by atoms with Crippen LogP contribution in [0.3, 0.4) is 0 Å². The highest BCUT2D eigenvalue weighted by atomic mass is 16.5. The Kier molecular flexibility index (Phi) is 5.54.